The average molecular weight is 209 g/mol. The maximum Gasteiger partial charge on any atom is 0 e. The van der Waals surface area contributed by atoms with Gasteiger partial charge in [-0.1, -0.05) is 44.6 Å². The minimum atomic E-state index is 0. The molecule has 0 atom stereocenters. The van der Waals surface area contributed by atoms with Crippen molar-refractivity contribution in [3.8, 4) is 0 Å². The SMILES string of the molecule is C.C.C.C.C.C.Cl.N.[Co]. The molecule has 0 unspecified atom stereocenters. The molecule has 0 amide bonds. The van der Waals surface area contributed by atoms with E-state index in [1.54, 1.807) is 0 Å². The first-order chi connectivity index (χ1) is 0. The van der Waals surface area contributed by atoms with E-state index in [2.05, 4.69) is 0 Å². The molecule has 3 heteroatoms. The van der Waals surface area contributed by atoms with Crippen molar-refractivity contribution in [3.05, 3.63) is 0 Å². The Kier molecular flexibility index (Phi) is 134000. The van der Waals surface area contributed by atoms with Crippen LogP contribution in [0.1, 0.15) is 44.6 Å². The topological polar surface area (TPSA) is 35.0 Å². The Morgan fingerprint density at radius 2 is 0.444 bits per heavy atom. The predicted molar refractivity (Wildman–Crippen MR) is 52.7 cm³/mol. The standard InChI is InChI=1S/6CH4.ClH.Co.H3N/h6*1H4;1H;;1H3. The van der Waals surface area contributed by atoms with Gasteiger partial charge in [-0.2, -0.15) is 0 Å². The van der Waals surface area contributed by atoms with E-state index >= 15 is 0 Å². The predicted octanol–water partition coefficient (Wildman–Crippen LogP) is 4.40. The molecule has 1 nitrogen and oxygen atoms in total. The second-order valence-corrected chi connectivity index (χ2v) is 0. The first-order valence-corrected chi connectivity index (χ1v) is 0. The second kappa shape index (κ2) is 921. The van der Waals surface area contributed by atoms with E-state index in [0.717, 1.165) is 0 Å². The van der Waals surface area contributed by atoms with Gasteiger partial charge in [-0.05, 0) is 0 Å². The third-order valence-electron chi connectivity index (χ3n) is 0. The van der Waals surface area contributed by atoms with Crippen LogP contribution in [0, 0.1) is 0 Å². The molecule has 0 spiro atoms. The molecule has 0 aliphatic carbocycles. The van der Waals surface area contributed by atoms with Crippen molar-refractivity contribution in [1.29, 1.82) is 0 Å². The molecule has 1 radical (unpaired) electrons. The maximum atomic E-state index is 0. The molecule has 3 N–H and O–H groups in total. The number of rotatable bonds is 0. The summed E-state index contributed by atoms with van der Waals surface area (Å²) in [7, 11) is 0. The summed E-state index contributed by atoms with van der Waals surface area (Å²) < 4.78 is 0. The van der Waals surface area contributed by atoms with E-state index < -0.39 is 0 Å². The zero-order chi connectivity index (χ0) is 0. The minimum absolute atomic E-state index is 0. The normalized spacial score (nSPS) is 0. The van der Waals surface area contributed by atoms with Crippen LogP contribution in [-0.2, 0) is 16.8 Å². The zero-order valence-corrected chi connectivity index (χ0v) is 3.31. The van der Waals surface area contributed by atoms with Gasteiger partial charge in [0.2, 0.25) is 0 Å². The van der Waals surface area contributed by atoms with Gasteiger partial charge >= 0.3 is 0 Å². The third-order valence-corrected chi connectivity index (χ3v) is 0. The van der Waals surface area contributed by atoms with Crippen molar-refractivity contribution in [2.75, 3.05) is 0 Å². The van der Waals surface area contributed by atoms with Crippen LogP contribution in [0.2, 0.25) is 0 Å². The van der Waals surface area contributed by atoms with Crippen LogP contribution in [0.3, 0.4) is 0 Å². The van der Waals surface area contributed by atoms with Gasteiger partial charge in [-0.3, -0.25) is 0 Å². The van der Waals surface area contributed by atoms with Gasteiger partial charge in [0, 0.05) is 16.8 Å². The van der Waals surface area contributed by atoms with E-state index in [0.29, 0.717) is 0 Å². The Bertz CT molecular complexity index is 13.0. The van der Waals surface area contributed by atoms with Crippen molar-refractivity contribution in [2.45, 2.75) is 44.6 Å². The van der Waals surface area contributed by atoms with Crippen molar-refractivity contribution >= 4 is 12.4 Å². The van der Waals surface area contributed by atoms with Gasteiger partial charge < -0.3 is 6.15 Å². The summed E-state index contributed by atoms with van der Waals surface area (Å²) in [5, 5.41) is 0. The number of hydrogen-bond acceptors (Lipinski definition) is 1. The van der Waals surface area contributed by atoms with Gasteiger partial charge in [0.15, 0.2) is 0 Å². The van der Waals surface area contributed by atoms with Crippen LogP contribution in [0.15, 0.2) is 0 Å². The average Bonchev–Trinajstić information content (AvgIpc) is 0. The summed E-state index contributed by atoms with van der Waals surface area (Å²) in [6.45, 7) is 0. The van der Waals surface area contributed by atoms with E-state index in [9.17, 15) is 0 Å². The molecule has 0 aromatic heterocycles. The van der Waals surface area contributed by atoms with Crippen LogP contribution >= 0.6 is 12.4 Å². The largest absolute Gasteiger partial charge is 0.344 e. The van der Waals surface area contributed by atoms with Crippen LogP contribution in [-0.4, -0.2) is 0 Å². The van der Waals surface area contributed by atoms with Gasteiger partial charge in [0.1, 0.15) is 0 Å². The van der Waals surface area contributed by atoms with Crippen molar-refractivity contribution < 1.29 is 16.8 Å². The minimum Gasteiger partial charge on any atom is -0.344 e. The summed E-state index contributed by atoms with van der Waals surface area (Å²) in [4.78, 5) is 0. The summed E-state index contributed by atoms with van der Waals surface area (Å²) in [5.74, 6) is 0. The Morgan fingerprint density at radius 3 is 0.444 bits per heavy atom. The quantitative estimate of drug-likeness (QED) is 0.629. The van der Waals surface area contributed by atoms with Crippen LogP contribution in [0.5, 0.6) is 0 Å². The first kappa shape index (κ1) is 1310. The van der Waals surface area contributed by atoms with E-state index in [-0.39, 0.29) is 79.9 Å². The summed E-state index contributed by atoms with van der Waals surface area (Å²) in [6.07, 6.45) is 0. The monoisotopic (exact) mass is 208 g/mol. The number of halogens is 1. The molecule has 0 fully saturated rings. The van der Waals surface area contributed by atoms with Crippen molar-refractivity contribution in [1.82, 2.24) is 6.15 Å². The van der Waals surface area contributed by atoms with Crippen molar-refractivity contribution in [2.24, 2.45) is 0 Å². The molecule has 73 valence electrons. The summed E-state index contributed by atoms with van der Waals surface area (Å²) in [6, 6.07) is 0. The summed E-state index contributed by atoms with van der Waals surface area (Å²) in [5.41, 5.74) is 0. The fourth-order valence-corrected chi connectivity index (χ4v) is 0. The molecule has 0 bridgehead atoms. The Balaban J connectivity index is 0. The Hall–Kier alpha value is 0.756. The van der Waals surface area contributed by atoms with Gasteiger partial charge in [-0.15, -0.1) is 12.4 Å². The number of hydrogen-bond donors (Lipinski definition) is 1. The second-order valence-electron chi connectivity index (χ2n) is 0. The van der Waals surface area contributed by atoms with Crippen molar-refractivity contribution in [3.63, 3.8) is 0 Å². The van der Waals surface area contributed by atoms with E-state index in [1.807, 2.05) is 0 Å². The van der Waals surface area contributed by atoms with Crippen LogP contribution in [0.25, 0.3) is 0 Å². The van der Waals surface area contributed by atoms with Gasteiger partial charge in [0.05, 0.1) is 0 Å². The molecular weight excluding hydrogens is 180 g/mol. The molecule has 0 heterocycles. The Labute approximate surface area is 80.2 Å². The van der Waals surface area contributed by atoms with Crippen LogP contribution < -0.4 is 6.15 Å². The fraction of sp³-hybridized carbons (Fsp3) is 1.00. The fourth-order valence-electron chi connectivity index (χ4n) is 0. The molecule has 0 saturated carbocycles. The van der Waals surface area contributed by atoms with E-state index in [1.165, 1.54) is 0 Å². The van der Waals surface area contributed by atoms with E-state index in [4.69, 9.17) is 0 Å². The molecule has 9 heavy (non-hydrogen) atoms. The smallest absolute Gasteiger partial charge is 0 e. The zero-order valence-electron chi connectivity index (χ0n) is 1.45. The van der Waals surface area contributed by atoms with Crippen LogP contribution in [0.4, 0.5) is 0 Å². The third kappa shape index (κ3) is 698. The van der Waals surface area contributed by atoms with Gasteiger partial charge in [-0.25, -0.2) is 0 Å². The molecule has 0 rings (SSSR count). The molecule has 0 aromatic rings. The maximum absolute atomic E-state index is 0. The van der Waals surface area contributed by atoms with Gasteiger partial charge in [0.25, 0.3) is 0 Å². The molecular formula is C6H28ClCoN. The summed E-state index contributed by atoms with van der Waals surface area (Å²) >= 11 is 0. The molecule has 0 aromatic carbocycles. The Morgan fingerprint density at radius 1 is 0.444 bits per heavy atom. The molecule has 0 aliphatic heterocycles. The first-order valence-electron chi connectivity index (χ1n) is 0. The molecule has 0 saturated heterocycles. The molecule has 0 aliphatic rings.